The molecule has 0 aromatic heterocycles. The predicted octanol–water partition coefficient (Wildman–Crippen LogP) is 1.37. The molecule has 0 saturated heterocycles. The Morgan fingerprint density at radius 1 is 1.32 bits per heavy atom. The number of carbonyl (C=O) groups is 2. The molecule has 0 radical (unpaired) electrons. The summed E-state index contributed by atoms with van der Waals surface area (Å²) in [5, 5.41) is 3.70. The van der Waals surface area contributed by atoms with Gasteiger partial charge in [0.15, 0.2) is 0 Å². The second-order valence-electron chi connectivity index (χ2n) is 3.22. The second kappa shape index (κ2) is 5.93. The summed E-state index contributed by atoms with van der Waals surface area (Å²) in [4.78, 5) is 21.0. The summed E-state index contributed by atoms with van der Waals surface area (Å²) in [5.74, 6) is -2.44. The number of nitrogens with one attached hydrogen (secondary N) is 2. The van der Waals surface area contributed by atoms with Gasteiger partial charge in [-0.05, 0) is 18.2 Å². The fourth-order valence-electron chi connectivity index (χ4n) is 1.06. The van der Waals surface area contributed by atoms with Crippen molar-refractivity contribution in [3.8, 4) is 0 Å². The lowest BCUT2D eigenvalue weighted by molar-refractivity contribution is -0.117. The Hall–Kier alpha value is -1.74. The van der Waals surface area contributed by atoms with E-state index in [9.17, 15) is 26.3 Å². The third-order valence-corrected chi connectivity index (χ3v) is 2.90. The number of alkyl halides is 1. The molecule has 0 fully saturated rings. The zero-order valence-corrected chi connectivity index (χ0v) is 10.7. The predicted molar refractivity (Wildman–Crippen MR) is 62.6 cm³/mol. The molecule has 0 atom stereocenters. The summed E-state index contributed by atoms with van der Waals surface area (Å²) in [7, 11) is -5.03. The molecule has 0 saturated carbocycles. The normalized spacial score (nSPS) is 10.9. The van der Waals surface area contributed by atoms with Gasteiger partial charge in [0.05, 0.1) is 5.69 Å². The summed E-state index contributed by atoms with van der Waals surface area (Å²) >= 11 is 5.13. The van der Waals surface area contributed by atoms with E-state index in [4.69, 9.17) is 11.6 Å². The molecule has 2 N–H and O–H groups in total. The Kier molecular flexibility index (Phi) is 4.78. The summed E-state index contributed by atoms with van der Waals surface area (Å²) in [5.41, 5.74) is -0.424. The van der Waals surface area contributed by atoms with Gasteiger partial charge in [-0.15, -0.1) is 15.5 Å². The zero-order chi connectivity index (χ0) is 14.6. The van der Waals surface area contributed by atoms with Crippen LogP contribution in [-0.4, -0.2) is 26.2 Å². The van der Waals surface area contributed by atoms with Gasteiger partial charge in [-0.2, -0.15) is 8.42 Å². The van der Waals surface area contributed by atoms with Gasteiger partial charge in [-0.3, -0.25) is 10.1 Å². The topological polar surface area (TPSA) is 92.3 Å². The molecule has 19 heavy (non-hydrogen) atoms. The van der Waals surface area contributed by atoms with Crippen molar-refractivity contribution in [1.82, 2.24) is 5.32 Å². The third kappa shape index (κ3) is 4.45. The summed E-state index contributed by atoms with van der Waals surface area (Å²) < 4.78 is 47.0. The number of benzene rings is 1. The number of imide groups is 1. The van der Waals surface area contributed by atoms with E-state index >= 15 is 0 Å². The maximum Gasteiger partial charge on any atom is 0.332 e. The summed E-state index contributed by atoms with van der Waals surface area (Å²) in [6.07, 6.45) is 0. The van der Waals surface area contributed by atoms with Crippen molar-refractivity contribution in [1.29, 1.82) is 0 Å². The van der Waals surface area contributed by atoms with Crippen LogP contribution in [0.4, 0.5) is 18.8 Å². The number of halogens is 3. The van der Waals surface area contributed by atoms with Crippen molar-refractivity contribution in [3.63, 3.8) is 0 Å². The van der Waals surface area contributed by atoms with E-state index in [-0.39, 0.29) is 0 Å². The Balaban J connectivity index is 2.87. The van der Waals surface area contributed by atoms with Crippen LogP contribution >= 0.6 is 11.6 Å². The van der Waals surface area contributed by atoms with Crippen LogP contribution in [0.3, 0.4) is 0 Å². The SMILES string of the molecule is O=C(CCl)NC(=O)Nc1ccc(S(=O)(=O)F)cc1F. The molecule has 0 aliphatic carbocycles. The lowest BCUT2D eigenvalue weighted by Gasteiger charge is -2.07. The number of hydrogen-bond acceptors (Lipinski definition) is 4. The zero-order valence-electron chi connectivity index (χ0n) is 9.11. The highest BCUT2D eigenvalue weighted by molar-refractivity contribution is 7.86. The molecular formula is C9H7ClF2N2O4S. The molecule has 1 rings (SSSR count). The van der Waals surface area contributed by atoms with E-state index in [1.165, 1.54) is 0 Å². The summed E-state index contributed by atoms with van der Waals surface area (Å²) in [6.45, 7) is 0. The number of amides is 3. The van der Waals surface area contributed by atoms with Crippen LogP contribution in [0.2, 0.25) is 0 Å². The van der Waals surface area contributed by atoms with Crippen LogP contribution in [0.25, 0.3) is 0 Å². The molecule has 0 aliphatic heterocycles. The first-order chi connectivity index (χ1) is 8.74. The minimum atomic E-state index is -5.03. The molecular weight excluding hydrogens is 306 g/mol. The van der Waals surface area contributed by atoms with E-state index in [0.29, 0.717) is 6.07 Å². The van der Waals surface area contributed by atoms with Crippen LogP contribution in [-0.2, 0) is 15.0 Å². The van der Waals surface area contributed by atoms with E-state index in [1.807, 2.05) is 5.32 Å². The molecule has 0 bridgehead atoms. The van der Waals surface area contributed by atoms with Gasteiger partial charge in [-0.1, -0.05) is 0 Å². The lowest BCUT2D eigenvalue weighted by atomic mass is 10.3. The number of anilines is 1. The Labute approximate surface area is 112 Å². The van der Waals surface area contributed by atoms with E-state index in [0.717, 1.165) is 12.1 Å². The fraction of sp³-hybridized carbons (Fsp3) is 0.111. The van der Waals surface area contributed by atoms with Crippen LogP contribution < -0.4 is 10.6 Å². The molecule has 1 aromatic rings. The Bertz CT molecular complexity index is 621. The fourth-order valence-corrected chi connectivity index (χ4v) is 1.60. The van der Waals surface area contributed by atoms with Gasteiger partial charge >= 0.3 is 16.3 Å². The highest BCUT2D eigenvalue weighted by Crippen LogP contribution is 2.20. The molecule has 0 heterocycles. The highest BCUT2D eigenvalue weighted by atomic mass is 35.5. The van der Waals surface area contributed by atoms with Gasteiger partial charge < -0.3 is 5.32 Å². The smallest absolute Gasteiger partial charge is 0.305 e. The quantitative estimate of drug-likeness (QED) is 0.651. The first kappa shape index (κ1) is 15.3. The van der Waals surface area contributed by atoms with Crippen molar-refractivity contribution in [3.05, 3.63) is 24.0 Å². The lowest BCUT2D eigenvalue weighted by Crippen LogP contribution is -2.35. The van der Waals surface area contributed by atoms with Gasteiger partial charge in [0.1, 0.15) is 16.6 Å². The average molecular weight is 313 g/mol. The maximum atomic E-state index is 13.4. The van der Waals surface area contributed by atoms with Crippen molar-refractivity contribution in [2.24, 2.45) is 0 Å². The Morgan fingerprint density at radius 3 is 2.42 bits per heavy atom. The molecule has 0 spiro atoms. The molecule has 6 nitrogen and oxygen atoms in total. The van der Waals surface area contributed by atoms with Crippen LogP contribution in [0.15, 0.2) is 23.1 Å². The van der Waals surface area contributed by atoms with E-state index in [2.05, 4.69) is 0 Å². The molecule has 10 heteroatoms. The van der Waals surface area contributed by atoms with Gasteiger partial charge in [-0.25, -0.2) is 9.18 Å². The van der Waals surface area contributed by atoms with Crippen molar-refractivity contribution in [2.45, 2.75) is 4.90 Å². The van der Waals surface area contributed by atoms with Crippen LogP contribution in [0.1, 0.15) is 0 Å². The molecule has 1 aromatic carbocycles. The minimum Gasteiger partial charge on any atom is -0.305 e. The van der Waals surface area contributed by atoms with Crippen molar-refractivity contribution in [2.75, 3.05) is 11.2 Å². The first-order valence-corrected chi connectivity index (χ1v) is 6.57. The van der Waals surface area contributed by atoms with Crippen LogP contribution in [0.5, 0.6) is 0 Å². The van der Waals surface area contributed by atoms with E-state index in [1.54, 1.807) is 5.32 Å². The van der Waals surface area contributed by atoms with E-state index < -0.39 is 44.4 Å². The number of carbonyl (C=O) groups excluding carboxylic acids is 2. The monoisotopic (exact) mass is 312 g/mol. The molecule has 3 amide bonds. The van der Waals surface area contributed by atoms with Gasteiger partial charge in [0.25, 0.3) is 0 Å². The molecule has 0 unspecified atom stereocenters. The molecule has 104 valence electrons. The maximum absolute atomic E-state index is 13.4. The third-order valence-electron chi connectivity index (χ3n) is 1.84. The minimum absolute atomic E-state index is 0.397. The number of hydrogen-bond donors (Lipinski definition) is 2. The second-order valence-corrected chi connectivity index (χ2v) is 4.83. The van der Waals surface area contributed by atoms with Gasteiger partial charge in [0.2, 0.25) is 5.91 Å². The van der Waals surface area contributed by atoms with Crippen LogP contribution in [0, 0.1) is 5.82 Å². The average Bonchev–Trinajstić information content (AvgIpc) is 2.30. The highest BCUT2D eigenvalue weighted by Gasteiger charge is 2.16. The van der Waals surface area contributed by atoms with Gasteiger partial charge in [0, 0.05) is 0 Å². The largest absolute Gasteiger partial charge is 0.332 e. The number of rotatable bonds is 3. The standard InChI is InChI=1S/C9H7ClF2N2O4S/c10-4-8(15)14-9(16)13-7-2-1-5(3-6(7)11)19(12,17)18/h1-3H,4H2,(H2,13,14,15,16). The number of urea groups is 1. The Morgan fingerprint density at radius 2 is 1.95 bits per heavy atom. The first-order valence-electron chi connectivity index (χ1n) is 4.65. The van der Waals surface area contributed by atoms with Crippen molar-refractivity contribution < 1.29 is 26.3 Å². The molecule has 0 aliphatic rings. The van der Waals surface area contributed by atoms with Crippen molar-refractivity contribution >= 4 is 39.4 Å². The summed E-state index contributed by atoms with van der Waals surface area (Å²) in [6, 6.07) is 0.943.